The minimum atomic E-state index is -3.25. The molecule has 0 saturated carbocycles. The molecule has 36 atom stereocenters. The summed E-state index contributed by atoms with van der Waals surface area (Å²) in [7, 11) is 0. The molecule has 0 aromatic heterocycles. The average Bonchev–Trinajstić information content (AvgIpc) is 0.765. The highest BCUT2D eigenvalue weighted by atomic mass is 16.8. The molecular formula is C53H88N4O39. The van der Waals surface area contributed by atoms with Crippen LogP contribution in [-0.2, 0) is 85.6 Å². The molecule has 0 aromatic rings. The Morgan fingerprint density at radius 2 is 0.760 bits per heavy atom. The number of aliphatic hydroxyl groups is 20. The number of aliphatic hydroxyl groups excluding tert-OH is 20. The zero-order chi connectivity index (χ0) is 71.3. The number of hydrogen-bond donors (Lipinski definition) is 25. The van der Waals surface area contributed by atoms with Crippen LogP contribution in [0, 0.1) is 0 Å². The maximum atomic E-state index is 13.1. The quantitative estimate of drug-likeness (QED) is 0.0382. The van der Waals surface area contributed by atoms with E-state index in [4.69, 9.17) is 61.6 Å². The zero-order valence-corrected chi connectivity index (χ0v) is 51.6. The van der Waals surface area contributed by atoms with Gasteiger partial charge >= 0.3 is 5.97 Å². The van der Waals surface area contributed by atoms with Gasteiger partial charge in [-0.1, -0.05) is 0 Å². The van der Waals surface area contributed by atoms with Gasteiger partial charge in [-0.15, -0.1) is 0 Å². The first-order valence-corrected chi connectivity index (χ1v) is 30.2. The molecule has 0 aromatic carbocycles. The van der Waals surface area contributed by atoms with E-state index in [0.717, 1.165) is 27.7 Å². The summed E-state index contributed by atoms with van der Waals surface area (Å²) in [6.07, 6.45) is -65.8. The first-order valence-electron chi connectivity index (χ1n) is 30.2. The van der Waals surface area contributed by atoms with Gasteiger partial charge in [0.1, 0.15) is 165 Å². The van der Waals surface area contributed by atoms with Crippen LogP contribution >= 0.6 is 0 Å². The summed E-state index contributed by atoms with van der Waals surface area (Å²) >= 11 is 0. The standard InChI is InChI=1S/C53H88N4O39/c1-13(65)54-25-17(69)5-53(52(82)83,95-42(25)29(71)18(70)6-58)96-44-32(74)21(9-61)86-50(38(44)80)92-41-24(12-64)89-48(28(35(41)77)57-16(4)68)94-45-36(78)30(72)19(7-59)87-51(45)93-43-31(73)20(8-60)85-49(37(43)79)91-40-23(11-63)88-47(27(34(40)76)56-15(3)67)90-39-22(10-62)84-46(81)26(33(39)75)55-14(2)66/h17-51,58-64,69-81H,5-12H2,1-4H3,(H,54,65)(H,55,66)(H,56,67)(H,57,68)(H,82,83)/t17-,18+,19+,20+,21+,22+,23+,24+,25+,26+,27+,28+,29+,30+,31+,32-,33+,34+,35+,36-,37-,38+,39+,40+,41+,42+,43-,44-,45-,46+,47-,48-,49-,50-,51+,53-/m0/s1. The Morgan fingerprint density at radius 3 is 1.20 bits per heavy atom. The van der Waals surface area contributed by atoms with Gasteiger partial charge < -0.3 is 190 Å². The number of carbonyl (C=O) groups excluding carboxylic acids is 4. The third-order valence-corrected chi connectivity index (χ3v) is 17.1. The monoisotopic (exact) mass is 1400 g/mol. The lowest BCUT2D eigenvalue weighted by Crippen LogP contribution is -2.71. The molecule has 7 fully saturated rings. The molecule has 43 heteroatoms. The number of amides is 4. The maximum Gasteiger partial charge on any atom is 0.364 e. The molecule has 0 unspecified atom stereocenters. The Labute approximate surface area is 543 Å². The highest BCUT2D eigenvalue weighted by Crippen LogP contribution is 2.41. The van der Waals surface area contributed by atoms with Crippen molar-refractivity contribution in [3.05, 3.63) is 0 Å². The van der Waals surface area contributed by atoms with Gasteiger partial charge in [-0.2, -0.15) is 0 Å². The number of carbonyl (C=O) groups is 5. The Morgan fingerprint density at radius 1 is 0.406 bits per heavy atom. The highest BCUT2D eigenvalue weighted by Gasteiger charge is 2.62. The maximum absolute atomic E-state index is 13.1. The van der Waals surface area contributed by atoms with E-state index in [9.17, 15) is 131 Å². The molecule has 0 aliphatic carbocycles. The van der Waals surface area contributed by atoms with E-state index in [1.165, 1.54) is 0 Å². The SMILES string of the molecule is CC(=O)N[C@@H]1[C@@H](O)[C@H](O[C@@H]2O[C@H](CO)[C@@H](O[C@@H]3O[C@H](CO)[C@@H](O)[C@H](O[C@H]4O[C@H](CO)[C@@H](O)[C@H](O)[C@@H]4O[C@@H]4O[C@H](CO)[C@@H](O[C@@H]5O[C@H](CO)[C@H](O)[C@H](O[C@]6(C(=O)O)C[C@H](O)[C@@H](NC(C)=O)[C@H]([C@H](O)[C@H](O)CO)O6)[C@H]5O)[C@H](O)[C@H]4NC(C)=O)[C@@H]3O)[C@H](O)[C@H]2NC(C)=O)[C@@H](CO)O[C@H]1O. The highest BCUT2D eigenvalue weighted by molar-refractivity contribution is 5.77. The molecule has 25 N–H and O–H groups in total. The van der Waals surface area contributed by atoms with Crippen LogP contribution in [0.25, 0.3) is 0 Å². The van der Waals surface area contributed by atoms with Crippen LogP contribution in [0.5, 0.6) is 0 Å². The van der Waals surface area contributed by atoms with Gasteiger partial charge in [0, 0.05) is 34.1 Å². The number of carboxylic acid groups (broad SMARTS) is 1. The molecule has 4 amide bonds. The van der Waals surface area contributed by atoms with E-state index in [-0.39, 0.29) is 0 Å². The summed E-state index contributed by atoms with van der Waals surface area (Å²) in [4.78, 5) is 62.7. The fraction of sp³-hybridized carbons (Fsp3) is 0.906. The van der Waals surface area contributed by atoms with Crippen molar-refractivity contribution in [3.8, 4) is 0 Å². The number of nitrogens with one attached hydrogen (secondary N) is 4. The summed E-state index contributed by atoms with van der Waals surface area (Å²) in [6.45, 7) is -3.84. The predicted molar refractivity (Wildman–Crippen MR) is 295 cm³/mol. The van der Waals surface area contributed by atoms with E-state index < -0.39 is 303 Å². The average molecular weight is 1410 g/mol. The number of rotatable bonds is 26. The summed E-state index contributed by atoms with van der Waals surface area (Å²) in [5, 5.41) is 240. The zero-order valence-electron chi connectivity index (χ0n) is 51.6. The summed E-state index contributed by atoms with van der Waals surface area (Å²) in [5.74, 6) is -8.79. The van der Waals surface area contributed by atoms with E-state index >= 15 is 0 Å². The molecule has 7 saturated heterocycles. The van der Waals surface area contributed by atoms with E-state index in [2.05, 4.69) is 21.3 Å². The molecule has 96 heavy (non-hydrogen) atoms. The Balaban J connectivity index is 1.13. The molecule has 7 heterocycles. The third-order valence-electron chi connectivity index (χ3n) is 17.1. The first-order chi connectivity index (χ1) is 45.2. The molecule has 7 aliphatic heterocycles. The lowest BCUT2D eigenvalue weighted by atomic mass is 9.88. The smallest absolute Gasteiger partial charge is 0.364 e. The van der Waals surface area contributed by atoms with Crippen LogP contribution in [0.15, 0.2) is 0 Å². The molecule has 554 valence electrons. The fourth-order valence-electron chi connectivity index (χ4n) is 12.3. The van der Waals surface area contributed by atoms with Crippen molar-refractivity contribution in [1.29, 1.82) is 0 Å². The largest absolute Gasteiger partial charge is 0.477 e. The van der Waals surface area contributed by atoms with Crippen molar-refractivity contribution in [2.24, 2.45) is 0 Å². The van der Waals surface area contributed by atoms with Crippen molar-refractivity contribution < 1.29 is 193 Å². The second-order valence-electron chi connectivity index (χ2n) is 23.9. The van der Waals surface area contributed by atoms with Crippen molar-refractivity contribution in [1.82, 2.24) is 21.3 Å². The van der Waals surface area contributed by atoms with Crippen molar-refractivity contribution >= 4 is 29.6 Å². The second kappa shape index (κ2) is 34.1. The van der Waals surface area contributed by atoms with Gasteiger partial charge in [0.15, 0.2) is 37.7 Å². The Hall–Kier alpha value is -3.97. The van der Waals surface area contributed by atoms with Gasteiger partial charge in [-0.3, -0.25) is 19.2 Å². The van der Waals surface area contributed by atoms with E-state index in [1.807, 2.05) is 0 Å². The minimum absolute atomic E-state index is 0.738. The molecule has 0 spiro atoms. The first kappa shape index (κ1) is 79.4. The number of hydrogen-bond acceptors (Lipinski definition) is 38. The molecule has 0 radical (unpaired) electrons. The van der Waals surface area contributed by atoms with E-state index in [1.54, 1.807) is 0 Å². The van der Waals surface area contributed by atoms with Gasteiger partial charge in [0.2, 0.25) is 23.6 Å². The minimum Gasteiger partial charge on any atom is -0.477 e. The second-order valence-corrected chi connectivity index (χ2v) is 23.9. The third kappa shape index (κ3) is 17.3. The Bertz CT molecular complexity index is 2540. The van der Waals surface area contributed by atoms with Crippen LogP contribution in [0.4, 0.5) is 0 Å². The van der Waals surface area contributed by atoms with Crippen LogP contribution in [-0.4, -0.2) is 403 Å². The molecule has 7 aliphatic rings. The van der Waals surface area contributed by atoms with Crippen molar-refractivity contribution in [2.45, 2.75) is 254 Å². The number of ether oxygens (including phenoxy) is 13. The summed E-state index contributed by atoms with van der Waals surface area (Å²) < 4.78 is 75.6. The van der Waals surface area contributed by atoms with Crippen molar-refractivity contribution in [2.75, 3.05) is 46.2 Å². The lowest BCUT2D eigenvalue weighted by Gasteiger charge is -2.51. The Kier molecular flexibility index (Phi) is 28.2. The predicted octanol–water partition coefficient (Wildman–Crippen LogP) is -16.5. The topological polar surface area (TPSA) is 678 Å². The molecule has 0 bridgehead atoms. The fourth-order valence-corrected chi connectivity index (χ4v) is 12.3. The van der Waals surface area contributed by atoms with Gasteiger partial charge in [-0.05, 0) is 0 Å². The van der Waals surface area contributed by atoms with Gasteiger partial charge in [-0.25, -0.2) is 4.79 Å². The van der Waals surface area contributed by atoms with Gasteiger partial charge in [0.25, 0.3) is 5.79 Å². The molecule has 7 rings (SSSR count). The molecular weight excluding hydrogens is 1320 g/mol. The van der Waals surface area contributed by atoms with E-state index in [0.29, 0.717) is 0 Å². The summed E-state index contributed by atoms with van der Waals surface area (Å²) in [5.41, 5.74) is 0. The van der Waals surface area contributed by atoms with Crippen LogP contribution in [0.3, 0.4) is 0 Å². The van der Waals surface area contributed by atoms with Crippen LogP contribution in [0.1, 0.15) is 34.1 Å². The number of carboxylic acids is 1. The normalized spacial score (nSPS) is 46.0. The van der Waals surface area contributed by atoms with Crippen LogP contribution < -0.4 is 21.3 Å². The van der Waals surface area contributed by atoms with Crippen molar-refractivity contribution in [3.63, 3.8) is 0 Å². The number of aliphatic carboxylic acids is 1. The molecule has 43 nitrogen and oxygen atoms in total. The van der Waals surface area contributed by atoms with Gasteiger partial charge in [0.05, 0.1) is 58.4 Å². The summed E-state index contributed by atoms with van der Waals surface area (Å²) in [6, 6.07) is -7.04. The lowest BCUT2D eigenvalue weighted by molar-refractivity contribution is -0.398. The van der Waals surface area contributed by atoms with Crippen LogP contribution in [0.2, 0.25) is 0 Å².